The Bertz CT molecular complexity index is 1090. The lowest BCUT2D eigenvalue weighted by Gasteiger charge is -2.12. The molecule has 0 atom stereocenters. The third-order valence-electron chi connectivity index (χ3n) is 4.26. The van der Waals surface area contributed by atoms with Gasteiger partial charge in [0.15, 0.2) is 0 Å². The maximum Gasteiger partial charge on any atom is 0.255 e. The number of hydrogen-bond donors (Lipinski definition) is 2. The number of nitrogens with two attached hydrogens (primary N) is 1. The van der Waals surface area contributed by atoms with Gasteiger partial charge in [0.25, 0.3) is 11.8 Å². The van der Waals surface area contributed by atoms with E-state index in [1.54, 1.807) is 6.07 Å². The highest BCUT2D eigenvalue weighted by Gasteiger charge is 2.16. The molecule has 150 valence electrons. The average Bonchev–Trinajstić information content (AvgIpc) is 3.00. The number of ether oxygens (including phenoxy) is 1. The molecule has 0 saturated heterocycles. The Morgan fingerprint density at radius 2 is 1.93 bits per heavy atom. The fraction of sp³-hybridized carbons (Fsp3) is 0.190. The van der Waals surface area contributed by atoms with Crippen LogP contribution in [0.15, 0.2) is 42.5 Å². The molecule has 7 nitrogen and oxygen atoms in total. The smallest absolute Gasteiger partial charge is 0.255 e. The van der Waals surface area contributed by atoms with Gasteiger partial charge < -0.3 is 15.8 Å². The van der Waals surface area contributed by atoms with Gasteiger partial charge in [0, 0.05) is 11.3 Å². The molecule has 0 radical (unpaired) electrons. The second kappa shape index (κ2) is 8.14. The first-order chi connectivity index (χ1) is 13.8. The summed E-state index contributed by atoms with van der Waals surface area (Å²) in [4.78, 5) is 24.3. The van der Waals surface area contributed by atoms with Crippen LogP contribution >= 0.6 is 0 Å². The lowest BCUT2D eigenvalue weighted by Crippen LogP contribution is -2.18. The van der Waals surface area contributed by atoms with Crippen LogP contribution in [-0.4, -0.2) is 28.2 Å². The van der Waals surface area contributed by atoms with Crippen LogP contribution in [-0.2, 0) is 0 Å². The van der Waals surface area contributed by atoms with Crippen molar-refractivity contribution in [2.45, 2.75) is 20.8 Å². The van der Waals surface area contributed by atoms with E-state index in [0.717, 1.165) is 17.5 Å². The predicted octanol–water partition coefficient (Wildman–Crippen LogP) is 3.38. The number of rotatable bonds is 6. The van der Waals surface area contributed by atoms with Crippen molar-refractivity contribution in [2.24, 2.45) is 5.73 Å². The number of carbonyl (C=O) groups is 2. The number of hydrogen-bond acceptors (Lipinski definition) is 4. The van der Waals surface area contributed by atoms with Crippen LogP contribution in [0.2, 0.25) is 0 Å². The molecule has 3 aromatic rings. The first-order valence-electron chi connectivity index (χ1n) is 9.01. The summed E-state index contributed by atoms with van der Waals surface area (Å²) < 4.78 is 21.5. The molecule has 8 heteroatoms. The molecule has 3 N–H and O–H groups in total. The minimum absolute atomic E-state index is 0.0945. The van der Waals surface area contributed by atoms with Crippen molar-refractivity contribution in [1.82, 2.24) is 9.78 Å². The van der Waals surface area contributed by atoms with E-state index in [0.29, 0.717) is 12.4 Å². The molecule has 1 aromatic heterocycles. The Labute approximate surface area is 167 Å². The number of nitrogens with one attached hydrogen (secondary N) is 1. The molecule has 0 aliphatic carbocycles. The summed E-state index contributed by atoms with van der Waals surface area (Å²) in [6.45, 7) is 5.86. The highest BCUT2D eigenvalue weighted by molar-refractivity contribution is 6.09. The zero-order valence-electron chi connectivity index (χ0n) is 16.3. The van der Waals surface area contributed by atoms with Gasteiger partial charge in [-0.1, -0.05) is 0 Å². The second-order valence-corrected chi connectivity index (χ2v) is 6.46. The molecular weight excluding hydrogens is 375 g/mol. The molecule has 0 bridgehead atoms. The molecular formula is C21H21FN4O3. The average molecular weight is 396 g/mol. The van der Waals surface area contributed by atoms with Crippen molar-refractivity contribution in [1.29, 1.82) is 0 Å². The van der Waals surface area contributed by atoms with Gasteiger partial charge in [-0.25, -0.2) is 9.07 Å². The minimum atomic E-state index is -0.715. The predicted molar refractivity (Wildman–Crippen MR) is 107 cm³/mol. The first-order valence-corrected chi connectivity index (χ1v) is 9.01. The Hall–Kier alpha value is -3.68. The fourth-order valence-corrected chi connectivity index (χ4v) is 2.98. The van der Waals surface area contributed by atoms with Crippen LogP contribution in [0, 0.1) is 19.7 Å². The van der Waals surface area contributed by atoms with Crippen LogP contribution in [0.5, 0.6) is 5.75 Å². The quantitative estimate of drug-likeness (QED) is 0.667. The van der Waals surface area contributed by atoms with Crippen LogP contribution in [0.25, 0.3) is 5.69 Å². The number of aryl methyl sites for hydroxylation is 2. The summed E-state index contributed by atoms with van der Waals surface area (Å²) in [5, 5.41) is 6.85. The summed E-state index contributed by atoms with van der Waals surface area (Å²) >= 11 is 0. The normalized spacial score (nSPS) is 10.6. The second-order valence-electron chi connectivity index (χ2n) is 6.46. The van der Waals surface area contributed by atoms with Gasteiger partial charge in [-0.2, -0.15) is 5.10 Å². The van der Waals surface area contributed by atoms with Gasteiger partial charge in [0.2, 0.25) is 0 Å². The number of anilines is 1. The molecule has 0 aliphatic heterocycles. The van der Waals surface area contributed by atoms with Crippen molar-refractivity contribution in [3.8, 4) is 11.4 Å². The van der Waals surface area contributed by atoms with Gasteiger partial charge in [-0.3, -0.25) is 9.59 Å². The maximum atomic E-state index is 14.6. The first kappa shape index (κ1) is 20.1. The number of halogens is 1. The van der Waals surface area contributed by atoms with Gasteiger partial charge in [0.05, 0.1) is 23.6 Å². The highest BCUT2D eigenvalue weighted by atomic mass is 19.1. The Kier molecular flexibility index (Phi) is 5.63. The largest absolute Gasteiger partial charge is 0.494 e. The lowest BCUT2D eigenvalue weighted by molar-refractivity contribution is 0.100. The van der Waals surface area contributed by atoms with Gasteiger partial charge in [-0.05, 0) is 63.2 Å². The van der Waals surface area contributed by atoms with E-state index in [1.807, 2.05) is 26.8 Å². The summed E-state index contributed by atoms with van der Waals surface area (Å²) in [6, 6.07) is 10.5. The van der Waals surface area contributed by atoms with Crippen molar-refractivity contribution in [3.05, 3.63) is 70.8 Å². The van der Waals surface area contributed by atoms with E-state index in [1.165, 1.54) is 28.9 Å². The molecule has 29 heavy (non-hydrogen) atoms. The zero-order chi connectivity index (χ0) is 21.1. The number of benzene rings is 2. The number of primary amides is 1. The topological polar surface area (TPSA) is 99.2 Å². The zero-order valence-corrected chi connectivity index (χ0v) is 16.3. The van der Waals surface area contributed by atoms with Gasteiger partial charge in [-0.15, -0.1) is 0 Å². The van der Waals surface area contributed by atoms with E-state index in [9.17, 15) is 14.0 Å². The third kappa shape index (κ3) is 4.26. The van der Waals surface area contributed by atoms with E-state index >= 15 is 0 Å². The van der Waals surface area contributed by atoms with E-state index in [4.69, 9.17) is 10.5 Å². The number of nitrogens with zero attached hydrogens (tertiary/aromatic N) is 2. The molecule has 0 unspecified atom stereocenters. The van der Waals surface area contributed by atoms with Crippen LogP contribution in [0.1, 0.15) is 39.0 Å². The van der Waals surface area contributed by atoms with Gasteiger partial charge >= 0.3 is 0 Å². The Morgan fingerprint density at radius 1 is 1.17 bits per heavy atom. The maximum absolute atomic E-state index is 14.6. The molecule has 0 saturated carbocycles. The molecule has 0 spiro atoms. The van der Waals surface area contributed by atoms with Gasteiger partial charge in [0.1, 0.15) is 17.3 Å². The standard InChI is InChI=1S/C21H21FN4O3/c1-4-29-15-6-7-18(16(11-15)20(23)27)24-21(28)14-5-8-19(17(22)10-14)26-13(3)9-12(2)25-26/h5-11H,4H2,1-3H3,(H2,23,27)(H,24,28). The van der Waals surface area contributed by atoms with Crippen LogP contribution in [0.3, 0.4) is 0 Å². The summed E-state index contributed by atoms with van der Waals surface area (Å²) in [7, 11) is 0. The summed E-state index contributed by atoms with van der Waals surface area (Å²) in [5.74, 6) is -1.42. The fourth-order valence-electron chi connectivity index (χ4n) is 2.98. The summed E-state index contributed by atoms with van der Waals surface area (Å²) in [5.41, 5.74) is 7.60. The number of amides is 2. The van der Waals surface area contributed by atoms with E-state index < -0.39 is 17.6 Å². The highest BCUT2D eigenvalue weighted by Crippen LogP contribution is 2.23. The van der Waals surface area contributed by atoms with Crippen molar-refractivity contribution < 1.29 is 18.7 Å². The number of carbonyl (C=O) groups excluding carboxylic acids is 2. The molecule has 2 amide bonds. The van der Waals surface area contributed by atoms with E-state index in [-0.39, 0.29) is 22.5 Å². The lowest BCUT2D eigenvalue weighted by atomic mass is 10.1. The van der Waals surface area contributed by atoms with Crippen LogP contribution in [0.4, 0.5) is 10.1 Å². The minimum Gasteiger partial charge on any atom is -0.494 e. The van der Waals surface area contributed by atoms with Crippen molar-refractivity contribution >= 4 is 17.5 Å². The molecule has 2 aromatic carbocycles. The molecule has 3 rings (SSSR count). The number of aromatic nitrogens is 2. The Balaban J connectivity index is 1.87. The molecule has 1 heterocycles. The SMILES string of the molecule is CCOc1ccc(NC(=O)c2ccc(-n3nc(C)cc3C)c(F)c2)c(C(N)=O)c1. The third-order valence-corrected chi connectivity index (χ3v) is 4.26. The van der Waals surface area contributed by atoms with Crippen molar-refractivity contribution in [2.75, 3.05) is 11.9 Å². The van der Waals surface area contributed by atoms with E-state index in [2.05, 4.69) is 10.4 Å². The summed E-state index contributed by atoms with van der Waals surface area (Å²) in [6.07, 6.45) is 0. The monoisotopic (exact) mass is 396 g/mol. The van der Waals surface area contributed by atoms with Crippen molar-refractivity contribution in [3.63, 3.8) is 0 Å². The molecule has 0 aliphatic rings. The Morgan fingerprint density at radius 3 is 2.52 bits per heavy atom. The van der Waals surface area contributed by atoms with Crippen LogP contribution < -0.4 is 15.8 Å². The molecule has 0 fully saturated rings.